The average molecular weight is 525 g/mol. The van der Waals surface area contributed by atoms with E-state index < -0.39 is 18.1 Å². The Hall–Kier alpha value is -2.90. The SMILES string of the molecule is CN[C@@H](C)C(=O)N[C@H](C(=O)N1CCC[C@H]1C(=O)Nc1ccccc1-c1cccc(Cl)c1)C1CCCCC1. The second-order valence-electron chi connectivity index (χ2n) is 10.1. The number of anilines is 1. The fourth-order valence-corrected chi connectivity index (χ4v) is 5.65. The molecule has 1 aliphatic carbocycles. The lowest BCUT2D eigenvalue weighted by molar-refractivity contribution is -0.142. The number of nitrogens with one attached hydrogen (secondary N) is 3. The summed E-state index contributed by atoms with van der Waals surface area (Å²) >= 11 is 6.20. The normalized spacial score (nSPS) is 19.8. The Kier molecular flexibility index (Phi) is 9.22. The van der Waals surface area contributed by atoms with Crippen molar-refractivity contribution in [1.82, 2.24) is 15.5 Å². The molecule has 0 radical (unpaired) electrons. The Balaban J connectivity index is 1.53. The van der Waals surface area contributed by atoms with E-state index in [1.54, 1.807) is 18.9 Å². The zero-order valence-electron chi connectivity index (χ0n) is 21.6. The van der Waals surface area contributed by atoms with Crippen molar-refractivity contribution in [1.29, 1.82) is 0 Å². The van der Waals surface area contributed by atoms with Gasteiger partial charge < -0.3 is 20.9 Å². The summed E-state index contributed by atoms with van der Waals surface area (Å²) in [6.45, 7) is 2.29. The third kappa shape index (κ3) is 6.51. The van der Waals surface area contributed by atoms with E-state index in [9.17, 15) is 14.4 Å². The van der Waals surface area contributed by atoms with E-state index in [1.165, 1.54) is 0 Å². The number of likely N-dealkylation sites (N-methyl/N-ethyl adjacent to an activating group) is 1. The van der Waals surface area contributed by atoms with Crippen molar-refractivity contribution in [2.75, 3.05) is 18.9 Å². The quantitative estimate of drug-likeness (QED) is 0.470. The number of benzene rings is 2. The lowest BCUT2D eigenvalue weighted by Gasteiger charge is -2.35. The number of likely N-dealkylation sites (tertiary alicyclic amines) is 1. The molecular weight excluding hydrogens is 488 g/mol. The van der Waals surface area contributed by atoms with Crippen LogP contribution >= 0.6 is 11.6 Å². The highest BCUT2D eigenvalue weighted by Crippen LogP contribution is 2.32. The molecule has 1 saturated heterocycles. The van der Waals surface area contributed by atoms with Crippen molar-refractivity contribution in [2.24, 2.45) is 5.92 Å². The predicted octanol–water partition coefficient (Wildman–Crippen LogP) is 4.61. The molecule has 3 atom stereocenters. The summed E-state index contributed by atoms with van der Waals surface area (Å²) in [7, 11) is 1.73. The van der Waals surface area contributed by atoms with Gasteiger partial charge in [-0.25, -0.2) is 0 Å². The molecule has 2 aromatic carbocycles. The first-order chi connectivity index (χ1) is 17.9. The number of para-hydroxylation sites is 1. The van der Waals surface area contributed by atoms with Crippen molar-refractivity contribution in [3.63, 3.8) is 0 Å². The highest BCUT2D eigenvalue weighted by Gasteiger charge is 2.41. The Labute approximate surface area is 224 Å². The second-order valence-corrected chi connectivity index (χ2v) is 10.6. The smallest absolute Gasteiger partial charge is 0.247 e. The minimum absolute atomic E-state index is 0.0853. The van der Waals surface area contributed by atoms with Crippen molar-refractivity contribution in [3.8, 4) is 11.1 Å². The van der Waals surface area contributed by atoms with Crippen molar-refractivity contribution < 1.29 is 14.4 Å². The third-order valence-corrected chi connectivity index (χ3v) is 7.91. The van der Waals surface area contributed by atoms with Crippen LogP contribution in [-0.2, 0) is 14.4 Å². The van der Waals surface area contributed by atoms with Gasteiger partial charge in [-0.15, -0.1) is 0 Å². The summed E-state index contributed by atoms with van der Waals surface area (Å²) in [5.74, 6) is -0.467. The zero-order valence-corrected chi connectivity index (χ0v) is 22.4. The van der Waals surface area contributed by atoms with Crippen LogP contribution in [0, 0.1) is 5.92 Å². The molecule has 0 aromatic heterocycles. The van der Waals surface area contributed by atoms with Gasteiger partial charge in [0, 0.05) is 22.8 Å². The van der Waals surface area contributed by atoms with Crippen LogP contribution in [0.3, 0.4) is 0 Å². The summed E-state index contributed by atoms with van der Waals surface area (Å²) < 4.78 is 0. The predicted molar refractivity (Wildman–Crippen MR) is 147 cm³/mol. The van der Waals surface area contributed by atoms with Gasteiger partial charge >= 0.3 is 0 Å². The minimum Gasteiger partial charge on any atom is -0.343 e. The molecule has 0 unspecified atom stereocenters. The molecule has 7 nitrogen and oxygen atoms in total. The first kappa shape index (κ1) is 27.1. The Morgan fingerprint density at radius 3 is 2.46 bits per heavy atom. The van der Waals surface area contributed by atoms with Crippen LogP contribution in [0.15, 0.2) is 48.5 Å². The summed E-state index contributed by atoms with van der Waals surface area (Å²) in [5, 5.41) is 9.66. The van der Waals surface area contributed by atoms with E-state index in [4.69, 9.17) is 11.6 Å². The number of hydrogen-bond acceptors (Lipinski definition) is 4. The van der Waals surface area contributed by atoms with Gasteiger partial charge in [-0.3, -0.25) is 14.4 Å². The molecule has 198 valence electrons. The summed E-state index contributed by atoms with van der Waals surface area (Å²) in [5.41, 5.74) is 2.44. The molecule has 8 heteroatoms. The van der Waals surface area contributed by atoms with Crippen LogP contribution in [0.4, 0.5) is 5.69 Å². The molecule has 1 aliphatic heterocycles. The number of amides is 3. The lowest BCUT2D eigenvalue weighted by Crippen LogP contribution is -2.57. The van der Waals surface area contributed by atoms with Crippen LogP contribution < -0.4 is 16.0 Å². The molecular formula is C29H37ClN4O3. The van der Waals surface area contributed by atoms with Crippen LogP contribution in [-0.4, -0.2) is 54.3 Å². The molecule has 0 bridgehead atoms. The van der Waals surface area contributed by atoms with E-state index >= 15 is 0 Å². The standard InChI is InChI=1S/C29H37ClN4O3/c1-19(31-2)27(35)33-26(20-10-4-3-5-11-20)29(37)34-17-9-16-25(34)28(36)32-24-15-7-6-14-23(24)21-12-8-13-22(30)18-21/h6-8,12-15,18-20,25-26,31H,3-5,9-11,16-17H2,1-2H3,(H,32,36)(H,33,35)/t19-,25-,26-/m0/s1. The largest absolute Gasteiger partial charge is 0.343 e. The number of carbonyl (C=O) groups is 3. The molecule has 2 fully saturated rings. The van der Waals surface area contributed by atoms with Crippen molar-refractivity contribution in [3.05, 3.63) is 53.6 Å². The van der Waals surface area contributed by atoms with Gasteiger partial charge in [0.25, 0.3) is 0 Å². The van der Waals surface area contributed by atoms with E-state index in [0.717, 1.165) is 49.7 Å². The monoisotopic (exact) mass is 524 g/mol. The molecule has 3 N–H and O–H groups in total. The Morgan fingerprint density at radius 1 is 0.973 bits per heavy atom. The van der Waals surface area contributed by atoms with Crippen LogP contribution in [0.25, 0.3) is 11.1 Å². The van der Waals surface area contributed by atoms with Gasteiger partial charge in [0.2, 0.25) is 17.7 Å². The highest BCUT2D eigenvalue weighted by atomic mass is 35.5. The molecule has 4 rings (SSSR count). The number of carbonyl (C=O) groups excluding carboxylic acids is 3. The minimum atomic E-state index is -0.615. The van der Waals surface area contributed by atoms with Gasteiger partial charge in [0.05, 0.1) is 6.04 Å². The molecule has 2 aliphatic rings. The van der Waals surface area contributed by atoms with Crippen molar-refractivity contribution in [2.45, 2.75) is 70.0 Å². The Bertz CT molecular complexity index is 1120. The van der Waals surface area contributed by atoms with Gasteiger partial charge in [0.1, 0.15) is 12.1 Å². The topological polar surface area (TPSA) is 90.5 Å². The van der Waals surface area contributed by atoms with E-state index in [0.29, 0.717) is 23.7 Å². The Morgan fingerprint density at radius 2 is 1.73 bits per heavy atom. The zero-order chi connectivity index (χ0) is 26.4. The van der Waals surface area contributed by atoms with Crippen LogP contribution in [0.2, 0.25) is 5.02 Å². The van der Waals surface area contributed by atoms with Crippen LogP contribution in [0.1, 0.15) is 51.9 Å². The molecule has 37 heavy (non-hydrogen) atoms. The average Bonchev–Trinajstić information content (AvgIpc) is 3.42. The number of nitrogens with zero attached hydrogens (tertiary/aromatic N) is 1. The van der Waals surface area contributed by atoms with Crippen LogP contribution in [0.5, 0.6) is 0 Å². The fourth-order valence-electron chi connectivity index (χ4n) is 5.46. The maximum Gasteiger partial charge on any atom is 0.247 e. The molecule has 0 spiro atoms. The first-order valence-electron chi connectivity index (χ1n) is 13.3. The van der Waals surface area contributed by atoms with E-state index in [-0.39, 0.29) is 23.6 Å². The fraction of sp³-hybridized carbons (Fsp3) is 0.483. The number of rotatable bonds is 8. The lowest BCUT2D eigenvalue weighted by atomic mass is 9.83. The molecule has 1 saturated carbocycles. The molecule has 3 amide bonds. The van der Waals surface area contributed by atoms with Gasteiger partial charge in [-0.1, -0.05) is 61.2 Å². The molecule has 1 heterocycles. The van der Waals surface area contributed by atoms with Gasteiger partial charge in [0.15, 0.2) is 0 Å². The maximum absolute atomic E-state index is 13.9. The van der Waals surface area contributed by atoms with E-state index in [2.05, 4.69) is 16.0 Å². The number of hydrogen-bond donors (Lipinski definition) is 3. The van der Waals surface area contributed by atoms with Gasteiger partial charge in [-0.2, -0.15) is 0 Å². The maximum atomic E-state index is 13.9. The second kappa shape index (κ2) is 12.6. The van der Waals surface area contributed by atoms with Crippen molar-refractivity contribution >= 4 is 35.0 Å². The third-order valence-electron chi connectivity index (χ3n) is 7.67. The number of halogens is 1. The summed E-state index contributed by atoms with van der Waals surface area (Å²) in [6.07, 6.45) is 6.41. The van der Waals surface area contributed by atoms with Gasteiger partial charge in [-0.05, 0) is 69.3 Å². The summed E-state index contributed by atoms with van der Waals surface area (Å²) in [6, 6.07) is 13.5. The first-order valence-corrected chi connectivity index (χ1v) is 13.7. The van der Waals surface area contributed by atoms with E-state index in [1.807, 2.05) is 48.5 Å². The highest BCUT2D eigenvalue weighted by molar-refractivity contribution is 6.30. The summed E-state index contributed by atoms with van der Waals surface area (Å²) in [4.78, 5) is 41.9. The molecule has 2 aromatic rings.